The molecule has 1 aliphatic rings. The van der Waals surface area contributed by atoms with Crippen molar-refractivity contribution in [2.45, 2.75) is 33.6 Å². The molecule has 1 aromatic carbocycles. The molecular formula is C20H25FN4O2. The van der Waals surface area contributed by atoms with Gasteiger partial charge in [0.2, 0.25) is 11.8 Å². The first kappa shape index (κ1) is 19.1. The first-order chi connectivity index (χ1) is 12.9. The normalized spacial score (nSPS) is 16.9. The van der Waals surface area contributed by atoms with Crippen LogP contribution >= 0.6 is 0 Å². The summed E-state index contributed by atoms with van der Waals surface area (Å²) in [6.45, 7) is 7.53. The van der Waals surface area contributed by atoms with Gasteiger partial charge in [-0.05, 0) is 50.3 Å². The van der Waals surface area contributed by atoms with Crippen LogP contribution in [0.25, 0.3) is 0 Å². The van der Waals surface area contributed by atoms with Gasteiger partial charge in [-0.1, -0.05) is 13.0 Å². The van der Waals surface area contributed by atoms with Gasteiger partial charge in [0.05, 0.1) is 0 Å². The molecule has 7 heteroatoms. The van der Waals surface area contributed by atoms with Crippen molar-refractivity contribution in [1.29, 1.82) is 0 Å². The van der Waals surface area contributed by atoms with Gasteiger partial charge >= 0.3 is 0 Å². The molecule has 1 fully saturated rings. The number of hydrogen-bond donors (Lipinski definition) is 1. The molecule has 144 valence electrons. The van der Waals surface area contributed by atoms with E-state index in [2.05, 4.69) is 27.1 Å². The van der Waals surface area contributed by atoms with Crippen molar-refractivity contribution in [3.8, 4) is 5.88 Å². The third-order valence-electron chi connectivity index (χ3n) is 4.58. The summed E-state index contributed by atoms with van der Waals surface area (Å²) in [5.74, 6) is 0.837. The summed E-state index contributed by atoms with van der Waals surface area (Å²) in [5.41, 5.74) is 2.00. The van der Waals surface area contributed by atoms with Crippen LogP contribution in [0.1, 0.15) is 31.0 Å². The summed E-state index contributed by atoms with van der Waals surface area (Å²) in [6.07, 6.45) is 2.33. The number of carbonyl (C=O) groups excluding carboxylic acids is 1. The number of nitrogens with zero attached hydrogens (tertiary/aromatic N) is 3. The lowest BCUT2D eigenvalue weighted by Gasteiger charge is -2.31. The predicted octanol–water partition coefficient (Wildman–Crippen LogP) is 3.49. The van der Waals surface area contributed by atoms with Crippen LogP contribution in [0.4, 0.5) is 16.0 Å². The lowest BCUT2D eigenvalue weighted by atomic mass is 10.0. The van der Waals surface area contributed by atoms with Crippen molar-refractivity contribution < 1.29 is 13.9 Å². The van der Waals surface area contributed by atoms with Crippen LogP contribution in [0.15, 0.2) is 24.3 Å². The Kier molecular flexibility index (Phi) is 5.88. The minimum atomic E-state index is -0.399. The summed E-state index contributed by atoms with van der Waals surface area (Å²) < 4.78 is 18.9. The highest BCUT2D eigenvalue weighted by Crippen LogP contribution is 2.22. The maximum absolute atomic E-state index is 13.3. The Bertz CT molecular complexity index is 828. The summed E-state index contributed by atoms with van der Waals surface area (Å²) in [4.78, 5) is 23.3. The molecule has 0 spiro atoms. The average Bonchev–Trinajstić information content (AvgIpc) is 2.63. The molecule has 2 aromatic rings. The number of rotatable bonds is 5. The molecule has 1 N–H and O–H groups in total. The highest BCUT2D eigenvalue weighted by Gasteiger charge is 2.19. The van der Waals surface area contributed by atoms with Crippen LogP contribution < -0.4 is 15.0 Å². The summed E-state index contributed by atoms with van der Waals surface area (Å²) in [7, 11) is 0. The molecule has 2 heterocycles. The van der Waals surface area contributed by atoms with E-state index in [1.807, 2.05) is 6.92 Å². The number of piperidine rings is 1. The van der Waals surface area contributed by atoms with Gasteiger partial charge in [-0.3, -0.25) is 4.79 Å². The van der Waals surface area contributed by atoms with E-state index in [1.54, 1.807) is 19.1 Å². The number of aryl methyl sites for hydroxylation is 2. The Labute approximate surface area is 158 Å². The minimum absolute atomic E-state index is 0.206. The van der Waals surface area contributed by atoms with Crippen LogP contribution in [0.5, 0.6) is 5.88 Å². The SMILES string of the molecule is Cc1cc(OCC(=O)Nc2cc(F)ccc2C)nc(N2CCC[C@@H](C)C2)n1. The van der Waals surface area contributed by atoms with Gasteiger partial charge in [-0.25, -0.2) is 9.37 Å². The van der Waals surface area contributed by atoms with Crippen LogP contribution in [0, 0.1) is 25.6 Å². The molecule has 0 unspecified atom stereocenters. The van der Waals surface area contributed by atoms with Crippen molar-refractivity contribution >= 4 is 17.5 Å². The standard InChI is InChI=1S/C20H25FN4O2/c1-13-5-4-8-25(11-13)20-22-15(3)9-19(24-20)27-12-18(26)23-17-10-16(21)7-6-14(17)2/h6-7,9-10,13H,4-5,8,11-12H2,1-3H3,(H,23,26)/t13-/m1/s1. The van der Waals surface area contributed by atoms with E-state index >= 15 is 0 Å². The molecule has 1 saturated heterocycles. The molecule has 1 amide bonds. The molecule has 3 rings (SSSR count). The van der Waals surface area contributed by atoms with Gasteiger partial charge in [0.15, 0.2) is 6.61 Å². The van der Waals surface area contributed by atoms with Gasteiger partial charge in [-0.15, -0.1) is 0 Å². The van der Waals surface area contributed by atoms with Crippen LogP contribution in [-0.4, -0.2) is 35.6 Å². The zero-order chi connectivity index (χ0) is 19.4. The topological polar surface area (TPSA) is 67.3 Å². The lowest BCUT2D eigenvalue weighted by Crippen LogP contribution is -2.35. The highest BCUT2D eigenvalue weighted by atomic mass is 19.1. The Morgan fingerprint density at radius 1 is 1.33 bits per heavy atom. The quantitative estimate of drug-likeness (QED) is 0.870. The second-order valence-electron chi connectivity index (χ2n) is 7.14. The van der Waals surface area contributed by atoms with E-state index in [0.29, 0.717) is 23.4 Å². The first-order valence-electron chi connectivity index (χ1n) is 9.20. The van der Waals surface area contributed by atoms with Gasteiger partial charge in [0.25, 0.3) is 5.91 Å². The molecule has 1 atom stereocenters. The van der Waals surface area contributed by atoms with Gasteiger partial charge in [0, 0.05) is 30.5 Å². The largest absolute Gasteiger partial charge is 0.467 e. The number of nitrogens with one attached hydrogen (secondary N) is 1. The predicted molar refractivity (Wildman–Crippen MR) is 103 cm³/mol. The molecule has 27 heavy (non-hydrogen) atoms. The molecule has 1 aliphatic heterocycles. The van der Waals surface area contributed by atoms with E-state index in [-0.39, 0.29) is 12.5 Å². The molecule has 0 aliphatic carbocycles. The summed E-state index contributed by atoms with van der Waals surface area (Å²) >= 11 is 0. The first-order valence-corrected chi connectivity index (χ1v) is 9.20. The van der Waals surface area contributed by atoms with E-state index in [1.165, 1.54) is 18.6 Å². The zero-order valence-corrected chi connectivity index (χ0v) is 16.0. The molecule has 1 aromatic heterocycles. The van der Waals surface area contributed by atoms with Gasteiger partial charge < -0.3 is 15.0 Å². The number of ether oxygens (including phenoxy) is 1. The van der Waals surface area contributed by atoms with Crippen molar-refractivity contribution in [2.75, 3.05) is 29.9 Å². The minimum Gasteiger partial charge on any atom is -0.467 e. The molecule has 0 bridgehead atoms. The Morgan fingerprint density at radius 2 is 2.15 bits per heavy atom. The number of hydrogen-bond acceptors (Lipinski definition) is 5. The van der Waals surface area contributed by atoms with Crippen LogP contribution in [0.2, 0.25) is 0 Å². The van der Waals surface area contributed by atoms with Crippen LogP contribution in [-0.2, 0) is 4.79 Å². The maximum atomic E-state index is 13.3. The highest BCUT2D eigenvalue weighted by molar-refractivity contribution is 5.92. The monoisotopic (exact) mass is 372 g/mol. The molecular weight excluding hydrogens is 347 g/mol. The number of halogens is 1. The van der Waals surface area contributed by atoms with Crippen LogP contribution in [0.3, 0.4) is 0 Å². The Hall–Kier alpha value is -2.70. The van der Waals surface area contributed by atoms with E-state index in [0.717, 1.165) is 30.8 Å². The Morgan fingerprint density at radius 3 is 2.93 bits per heavy atom. The number of anilines is 2. The maximum Gasteiger partial charge on any atom is 0.262 e. The van der Waals surface area contributed by atoms with E-state index < -0.39 is 5.82 Å². The lowest BCUT2D eigenvalue weighted by molar-refractivity contribution is -0.118. The second kappa shape index (κ2) is 8.33. The van der Waals surface area contributed by atoms with Crippen molar-refractivity contribution in [1.82, 2.24) is 9.97 Å². The molecule has 6 nitrogen and oxygen atoms in total. The fraction of sp³-hybridized carbons (Fsp3) is 0.450. The third kappa shape index (κ3) is 5.15. The Balaban J connectivity index is 1.63. The summed E-state index contributed by atoms with van der Waals surface area (Å²) in [6, 6.07) is 5.97. The zero-order valence-electron chi connectivity index (χ0n) is 16.0. The second-order valence-corrected chi connectivity index (χ2v) is 7.14. The molecule has 0 radical (unpaired) electrons. The van der Waals surface area contributed by atoms with Crippen molar-refractivity contribution in [3.63, 3.8) is 0 Å². The summed E-state index contributed by atoms with van der Waals surface area (Å²) in [5, 5.41) is 2.66. The van der Waals surface area contributed by atoms with Crippen molar-refractivity contribution in [3.05, 3.63) is 41.3 Å². The number of amides is 1. The van der Waals surface area contributed by atoms with Crippen molar-refractivity contribution in [2.24, 2.45) is 5.92 Å². The number of carbonyl (C=O) groups is 1. The molecule has 0 saturated carbocycles. The van der Waals surface area contributed by atoms with Gasteiger partial charge in [-0.2, -0.15) is 4.98 Å². The number of aromatic nitrogens is 2. The fourth-order valence-electron chi connectivity index (χ4n) is 3.17. The third-order valence-corrected chi connectivity index (χ3v) is 4.58. The van der Waals surface area contributed by atoms with E-state index in [9.17, 15) is 9.18 Å². The average molecular weight is 372 g/mol. The van der Waals surface area contributed by atoms with Gasteiger partial charge in [0.1, 0.15) is 5.82 Å². The fourth-order valence-corrected chi connectivity index (χ4v) is 3.17. The number of benzene rings is 1. The smallest absolute Gasteiger partial charge is 0.262 e. The van der Waals surface area contributed by atoms with E-state index in [4.69, 9.17) is 4.74 Å².